The normalized spacial score (nSPS) is 12.7. The molecule has 0 aliphatic rings. The average Bonchev–Trinajstić information content (AvgIpc) is 2.78. The number of hydrogen-bond donors (Lipinski definition) is 1. The molecule has 3 heteroatoms. The van der Waals surface area contributed by atoms with Crippen LogP contribution in [-0.4, -0.2) is 5.11 Å². The molecule has 0 aliphatic carbocycles. The van der Waals surface area contributed by atoms with Gasteiger partial charge in [0.05, 0.1) is 0 Å². The highest BCUT2D eigenvalue weighted by molar-refractivity contribution is 9.10. The zero-order valence-electron chi connectivity index (χ0n) is 8.98. The molecule has 1 heterocycles. The SMILES string of the molecule is CCC(O)c1ccc(-c2ccc(Br)cc2)o1. The van der Waals surface area contributed by atoms with Gasteiger partial charge in [0.15, 0.2) is 0 Å². The summed E-state index contributed by atoms with van der Waals surface area (Å²) in [5.74, 6) is 1.41. The number of rotatable bonds is 3. The van der Waals surface area contributed by atoms with Crippen LogP contribution in [0.2, 0.25) is 0 Å². The van der Waals surface area contributed by atoms with Crippen LogP contribution in [0.25, 0.3) is 11.3 Å². The molecule has 2 nitrogen and oxygen atoms in total. The first kappa shape index (κ1) is 11.4. The predicted octanol–water partition coefficient (Wildman–Crippen LogP) is 4.15. The smallest absolute Gasteiger partial charge is 0.134 e. The first-order valence-electron chi connectivity index (χ1n) is 5.24. The minimum atomic E-state index is -0.510. The lowest BCUT2D eigenvalue weighted by molar-refractivity contribution is 0.147. The maximum atomic E-state index is 9.63. The Hall–Kier alpha value is -1.06. The molecular weight excluding hydrogens is 268 g/mol. The lowest BCUT2D eigenvalue weighted by Gasteiger charge is -2.02. The van der Waals surface area contributed by atoms with Gasteiger partial charge in [-0.3, -0.25) is 0 Å². The molecule has 2 rings (SSSR count). The van der Waals surface area contributed by atoms with Crippen molar-refractivity contribution in [2.75, 3.05) is 0 Å². The highest BCUT2D eigenvalue weighted by Crippen LogP contribution is 2.27. The molecule has 1 unspecified atom stereocenters. The predicted molar refractivity (Wildman–Crippen MR) is 67.1 cm³/mol. The van der Waals surface area contributed by atoms with Crippen LogP contribution in [0, 0.1) is 0 Å². The van der Waals surface area contributed by atoms with Gasteiger partial charge in [-0.25, -0.2) is 0 Å². The number of aliphatic hydroxyl groups is 1. The Morgan fingerprint density at radius 1 is 1.19 bits per heavy atom. The second-order valence-electron chi connectivity index (χ2n) is 3.63. The molecule has 0 fully saturated rings. The lowest BCUT2D eigenvalue weighted by Crippen LogP contribution is -1.91. The summed E-state index contributed by atoms with van der Waals surface area (Å²) >= 11 is 3.39. The topological polar surface area (TPSA) is 33.4 Å². The number of hydrogen-bond acceptors (Lipinski definition) is 2. The summed E-state index contributed by atoms with van der Waals surface area (Å²) in [5.41, 5.74) is 1.01. The van der Waals surface area contributed by atoms with E-state index >= 15 is 0 Å². The molecular formula is C13H13BrO2. The van der Waals surface area contributed by atoms with Crippen molar-refractivity contribution in [2.45, 2.75) is 19.4 Å². The molecule has 0 aliphatic heterocycles. The van der Waals surface area contributed by atoms with E-state index in [-0.39, 0.29) is 0 Å². The molecule has 0 saturated carbocycles. The van der Waals surface area contributed by atoms with Gasteiger partial charge in [-0.2, -0.15) is 0 Å². The van der Waals surface area contributed by atoms with Gasteiger partial charge in [0, 0.05) is 10.0 Å². The first-order valence-corrected chi connectivity index (χ1v) is 6.03. The van der Waals surface area contributed by atoms with Crippen LogP contribution in [0.1, 0.15) is 25.2 Å². The van der Waals surface area contributed by atoms with Crippen molar-refractivity contribution < 1.29 is 9.52 Å². The molecule has 0 saturated heterocycles. The molecule has 16 heavy (non-hydrogen) atoms. The van der Waals surface area contributed by atoms with E-state index in [4.69, 9.17) is 4.42 Å². The van der Waals surface area contributed by atoms with Gasteiger partial charge in [-0.05, 0) is 30.7 Å². The third-order valence-electron chi connectivity index (χ3n) is 2.47. The molecule has 84 valence electrons. The fraction of sp³-hybridized carbons (Fsp3) is 0.231. The van der Waals surface area contributed by atoms with Crippen LogP contribution in [0.15, 0.2) is 45.3 Å². The monoisotopic (exact) mass is 280 g/mol. The second-order valence-corrected chi connectivity index (χ2v) is 4.55. The first-order chi connectivity index (χ1) is 7.70. The fourth-order valence-corrected chi connectivity index (χ4v) is 1.77. The minimum absolute atomic E-state index is 0.510. The van der Waals surface area contributed by atoms with E-state index in [0.717, 1.165) is 15.8 Å². The number of aliphatic hydroxyl groups excluding tert-OH is 1. The minimum Gasteiger partial charge on any atom is -0.458 e. The summed E-state index contributed by atoms with van der Waals surface area (Å²) in [6.07, 6.45) is 0.150. The standard InChI is InChI=1S/C13H13BrO2/c1-2-11(15)13-8-7-12(16-13)9-3-5-10(14)6-4-9/h3-8,11,15H,2H2,1H3. The third-order valence-corrected chi connectivity index (χ3v) is 3.00. The van der Waals surface area contributed by atoms with E-state index < -0.39 is 6.10 Å². The summed E-state index contributed by atoms with van der Waals surface area (Å²) < 4.78 is 6.64. The van der Waals surface area contributed by atoms with Gasteiger partial charge in [0.25, 0.3) is 0 Å². The van der Waals surface area contributed by atoms with E-state index in [9.17, 15) is 5.11 Å². The Bertz CT molecular complexity index is 459. The number of halogens is 1. The Labute approximate surface area is 103 Å². The van der Waals surface area contributed by atoms with Gasteiger partial charge in [0.1, 0.15) is 17.6 Å². The Balaban J connectivity index is 2.28. The van der Waals surface area contributed by atoms with Crippen molar-refractivity contribution >= 4 is 15.9 Å². The maximum Gasteiger partial charge on any atom is 0.134 e. The third kappa shape index (κ3) is 2.36. The van der Waals surface area contributed by atoms with Crippen LogP contribution in [-0.2, 0) is 0 Å². The molecule has 1 atom stereocenters. The summed E-state index contributed by atoms with van der Waals surface area (Å²) in [6.45, 7) is 1.92. The maximum absolute atomic E-state index is 9.63. The fourth-order valence-electron chi connectivity index (χ4n) is 1.50. The van der Waals surface area contributed by atoms with Crippen LogP contribution < -0.4 is 0 Å². The quantitative estimate of drug-likeness (QED) is 0.916. The zero-order chi connectivity index (χ0) is 11.5. The van der Waals surface area contributed by atoms with E-state index in [1.54, 1.807) is 0 Å². The van der Waals surface area contributed by atoms with Crippen LogP contribution in [0.4, 0.5) is 0 Å². The lowest BCUT2D eigenvalue weighted by atomic mass is 10.2. The molecule has 0 spiro atoms. The van der Waals surface area contributed by atoms with Crippen molar-refractivity contribution in [2.24, 2.45) is 0 Å². The molecule has 0 amide bonds. The van der Waals surface area contributed by atoms with Gasteiger partial charge in [-0.1, -0.05) is 35.0 Å². The summed E-state index contributed by atoms with van der Waals surface area (Å²) in [7, 11) is 0. The zero-order valence-corrected chi connectivity index (χ0v) is 10.6. The van der Waals surface area contributed by atoms with E-state index in [1.807, 2.05) is 43.3 Å². The van der Waals surface area contributed by atoms with Crippen LogP contribution in [0.5, 0.6) is 0 Å². The number of benzene rings is 1. The van der Waals surface area contributed by atoms with E-state index in [2.05, 4.69) is 15.9 Å². The molecule has 0 bridgehead atoms. The van der Waals surface area contributed by atoms with Crippen molar-refractivity contribution in [3.63, 3.8) is 0 Å². The van der Waals surface area contributed by atoms with Gasteiger partial charge < -0.3 is 9.52 Å². The van der Waals surface area contributed by atoms with Crippen LogP contribution >= 0.6 is 15.9 Å². The van der Waals surface area contributed by atoms with Crippen molar-refractivity contribution in [3.05, 3.63) is 46.6 Å². The van der Waals surface area contributed by atoms with Crippen molar-refractivity contribution in [1.29, 1.82) is 0 Å². The number of furan rings is 1. The molecule has 2 aromatic rings. The van der Waals surface area contributed by atoms with Crippen molar-refractivity contribution in [3.8, 4) is 11.3 Å². The average molecular weight is 281 g/mol. The molecule has 1 aromatic heterocycles. The second kappa shape index (κ2) is 4.85. The largest absolute Gasteiger partial charge is 0.458 e. The Morgan fingerprint density at radius 3 is 2.50 bits per heavy atom. The molecule has 0 radical (unpaired) electrons. The van der Waals surface area contributed by atoms with Gasteiger partial charge in [0.2, 0.25) is 0 Å². The Kier molecular flexibility index (Phi) is 3.46. The van der Waals surface area contributed by atoms with Crippen molar-refractivity contribution in [1.82, 2.24) is 0 Å². The Morgan fingerprint density at radius 2 is 1.88 bits per heavy atom. The van der Waals surface area contributed by atoms with Gasteiger partial charge >= 0.3 is 0 Å². The van der Waals surface area contributed by atoms with E-state index in [1.165, 1.54) is 0 Å². The summed E-state index contributed by atoms with van der Waals surface area (Å²) in [5, 5.41) is 9.63. The summed E-state index contributed by atoms with van der Waals surface area (Å²) in [4.78, 5) is 0. The van der Waals surface area contributed by atoms with Crippen LogP contribution in [0.3, 0.4) is 0 Å². The highest BCUT2D eigenvalue weighted by Gasteiger charge is 2.10. The highest BCUT2D eigenvalue weighted by atomic mass is 79.9. The van der Waals surface area contributed by atoms with E-state index in [0.29, 0.717) is 12.2 Å². The molecule has 1 aromatic carbocycles. The summed E-state index contributed by atoms with van der Waals surface area (Å²) in [6, 6.07) is 11.6. The molecule has 1 N–H and O–H groups in total. The van der Waals surface area contributed by atoms with Gasteiger partial charge in [-0.15, -0.1) is 0 Å².